The van der Waals surface area contributed by atoms with Crippen LogP contribution in [0.2, 0.25) is 0 Å². The molecular formula is C17H15FN2O. The number of hydrogen-bond acceptors (Lipinski definition) is 3. The highest BCUT2D eigenvalue weighted by Gasteiger charge is 2.20. The molecule has 1 heterocycles. The second kappa shape index (κ2) is 5.05. The highest BCUT2D eigenvalue weighted by molar-refractivity contribution is 5.88. The average Bonchev–Trinajstić information content (AvgIpc) is 2.82. The molecule has 0 saturated heterocycles. The number of benzene rings is 2. The summed E-state index contributed by atoms with van der Waals surface area (Å²) in [7, 11) is 0. The highest BCUT2D eigenvalue weighted by atomic mass is 19.1. The van der Waals surface area contributed by atoms with Gasteiger partial charge in [-0.2, -0.15) is 0 Å². The van der Waals surface area contributed by atoms with E-state index in [1.807, 2.05) is 32.0 Å². The molecule has 2 aromatic carbocycles. The lowest BCUT2D eigenvalue weighted by molar-refractivity contribution is 0.435. The van der Waals surface area contributed by atoms with Crippen LogP contribution >= 0.6 is 0 Å². The Kier molecular flexibility index (Phi) is 3.22. The standard InChI is InChI=1S/C17H15FN2O/c1-10-4-3-5-11(2)14(10)16-15(17(19)20-21-16)12-6-8-13(18)9-7-12/h3-9H,1-2H3,(H2,19,20). The van der Waals surface area contributed by atoms with Crippen molar-refractivity contribution in [3.8, 4) is 22.5 Å². The zero-order valence-corrected chi connectivity index (χ0v) is 11.9. The number of halogens is 1. The van der Waals surface area contributed by atoms with Gasteiger partial charge in [0.05, 0.1) is 5.56 Å². The van der Waals surface area contributed by atoms with E-state index in [2.05, 4.69) is 5.16 Å². The minimum atomic E-state index is -0.289. The fourth-order valence-corrected chi connectivity index (χ4v) is 2.54. The average molecular weight is 282 g/mol. The Morgan fingerprint density at radius 2 is 1.57 bits per heavy atom. The molecule has 3 nitrogen and oxygen atoms in total. The molecule has 0 spiro atoms. The smallest absolute Gasteiger partial charge is 0.177 e. The topological polar surface area (TPSA) is 52.0 Å². The van der Waals surface area contributed by atoms with Gasteiger partial charge >= 0.3 is 0 Å². The van der Waals surface area contributed by atoms with Gasteiger partial charge in [0.1, 0.15) is 5.82 Å². The predicted molar refractivity (Wildman–Crippen MR) is 81.2 cm³/mol. The summed E-state index contributed by atoms with van der Waals surface area (Å²) in [5, 5.41) is 3.88. The van der Waals surface area contributed by atoms with Crippen molar-refractivity contribution in [2.45, 2.75) is 13.8 Å². The fourth-order valence-electron chi connectivity index (χ4n) is 2.54. The lowest BCUT2D eigenvalue weighted by atomic mass is 9.95. The number of rotatable bonds is 2. The molecule has 4 heteroatoms. The maximum Gasteiger partial charge on any atom is 0.177 e. The van der Waals surface area contributed by atoms with Crippen LogP contribution in [-0.2, 0) is 0 Å². The summed E-state index contributed by atoms with van der Waals surface area (Å²) in [6, 6.07) is 12.2. The molecule has 0 radical (unpaired) electrons. The Morgan fingerprint density at radius 3 is 2.19 bits per heavy atom. The summed E-state index contributed by atoms with van der Waals surface area (Å²) >= 11 is 0. The van der Waals surface area contributed by atoms with E-state index in [1.54, 1.807) is 12.1 Å². The van der Waals surface area contributed by atoms with E-state index in [9.17, 15) is 4.39 Å². The number of hydrogen-bond donors (Lipinski definition) is 1. The number of nitrogen functional groups attached to an aromatic ring is 1. The van der Waals surface area contributed by atoms with Gasteiger partial charge in [-0.15, -0.1) is 0 Å². The quantitative estimate of drug-likeness (QED) is 0.760. The van der Waals surface area contributed by atoms with Gasteiger partial charge in [-0.1, -0.05) is 35.5 Å². The van der Waals surface area contributed by atoms with Gasteiger partial charge in [-0.25, -0.2) is 4.39 Å². The molecule has 0 aliphatic heterocycles. The first kappa shape index (κ1) is 13.4. The summed E-state index contributed by atoms with van der Waals surface area (Å²) in [5.74, 6) is 0.636. The summed E-state index contributed by atoms with van der Waals surface area (Å²) < 4.78 is 18.6. The van der Waals surface area contributed by atoms with E-state index in [-0.39, 0.29) is 5.82 Å². The molecule has 3 rings (SSSR count). The van der Waals surface area contributed by atoms with Crippen LogP contribution in [0.25, 0.3) is 22.5 Å². The number of aromatic nitrogens is 1. The Hall–Kier alpha value is -2.62. The van der Waals surface area contributed by atoms with Crippen molar-refractivity contribution >= 4 is 5.82 Å². The Balaban J connectivity index is 2.24. The molecule has 0 fully saturated rings. The van der Waals surface area contributed by atoms with E-state index in [0.717, 1.165) is 22.3 Å². The zero-order valence-electron chi connectivity index (χ0n) is 11.9. The molecule has 0 aliphatic rings. The molecule has 106 valence electrons. The second-order valence-corrected chi connectivity index (χ2v) is 5.05. The first-order chi connectivity index (χ1) is 10.1. The minimum absolute atomic E-state index is 0.289. The van der Waals surface area contributed by atoms with Gasteiger partial charge in [-0.05, 0) is 42.7 Å². The Bertz CT molecular complexity index is 771. The van der Waals surface area contributed by atoms with Gasteiger partial charge in [0, 0.05) is 5.56 Å². The van der Waals surface area contributed by atoms with Crippen molar-refractivity contribution in [3.05, 3.63) is 59.4 Å². The number of aryl methyl sites for hydroxylation is 2. The van der Waals surface area contributed by atoms with E-state index < -0.39 is 0 Å². The van der Waals surface area contributed by atoms with Gasteiger partial charge in [0.25, 0.3) is 0 Å². The lowest BCUT2D eigenvalue weighted by Gasteiger charge is -2.08. The molecule has 0 amide bonds. The van der Waals surface area contributed by atoms with E-state index in [4.69, 9.17) is 10.3 Å². The summed E-state index contributed by atoms with van der Waals surface area (Å²) in [4.78, 5) is 0. The van der Waals surface area contributed by atoms with Crippen LogP contribution in [0.5, 0.6) is 0 Å². The lowest BCUT2D eigenvalue weighted by Crippen LogP contribution is -1.91. The number of nitrogens with two attached hydrogens (primary N) is 1. The van der Waals surface area contributed by atoms with Crippen LogP contribution < -0.4 is 5.73 Å². The normalized spacial score (nSPS) is 10.8. The predicted octanol–water partition coefficient (Wildman–Crippen LogP) is 4.35. The van der Waals surface area contributed by atoms with Crippen LogP contribution in [0.15, 0.2) is 47.0 Å². The van der Waals surface area contributed by atoms with E-state index in [1.165, 1.54) is 12.1 Å². The van der Waals surface area contributed by atoms with Crippen molar-refractivity contribution < 1.29 is 8.91 Å². The highest BCUT2D eigenvalue weighted by Crippen LogP contribution is 2.39. The SMILES string of the molecule is Cc1cccc(C)c1-c1onc(N)c1-c1ccc(F)cc1. The third-order valence-corrected chi connectivity index (χ3v) is 3.56. The molecule has 3 aromatic rings. The van der Waals surface area contributed by atoms with Gasteiger partial charge < -0.3 is 10.3 Å². The van der Waals surface area contributed by atoms with Gasteiger partial charge in [-0.3, -0.25) is 0 Å². The van der Waals surface area contributed by atoms with Crippen molar-refractivity contribution in [1.29, 1.82) is 0 Å². The van der Waals surface area contributed by atoms with Gasteiger partial charge in [0.15, 0.2) is 11.6 Å². The second-order valence-electron chi connectivity index (χ2n) is 5.05. The zero-order chi connectivity index (χ0) is 15.0. The number of anilines is 1. The summed E-state index contributed by atoms with van der Waals surface area (Å²) in [5.41, 5.74) is 10.6. The Morgan fingerprint density at radius 1 is 0.952 bits per heavy atom. The molecule has 0 atom stereocenters. The van der Waals surface area contributed by atoms with Gasteiger partial charge in [0.2, 0.25) is 0 Å². The van der Waals surface area contributed by atoms with Crippen LogP contribution in [0.4, 0.5) is 10.2 Å². The molecule has 0 bridgehead atoms. The number of nitrogens with zero attached hydrogens (tertiary/aromatic N) is 1. The first-order valence-electron chi connectivity index (χ1n) is 6.65. The minimum Gasteiger partial charge on any atom is -0.380 e. The first-order valence-corrected chi connectivity index (χ1v) is 6.65. The van der Waals surface area contributed by atoms with Crippen LogP contribution in [0.3, 0.4) is 0 Å². The maximum absolute atomic E-state index is 13.1. The third-order valence-electron chi connectivity index (χ3n) is 3.56. The molecular weight excluding hydrogens is 267 g/mol. The molecule has 1 aromatic heterocycles. The van der Waals surface area contributed by atoms with Crippen LogP contribution in [0.1, 0.15) is 11.1 Å². The van der Waals surface area contributed by atoms with Crippen molar-refractivity contribution in [3.63, 3.8) is 0 Å². The monoisotopic (exact) mass is 282 g/mol. The summed E-state index contributed by atoms with van der Waals surface area (Å²) in [6.45, 7) is 4.02. The maximum atomic E-state index is 13.1. The Labute approximate surface area is 122 Å². The van der Waals surface area contributed by atoms with Crippen LogP contribution in [-0.4, -0.2) is 5.16 Å². The van der Waals surface area contributed by atoms with Crippen molar-refractivity contribution in [2.75, 3.05) is 5.73 Å². The van der Waals surface area contributed by atoms with Crippen molar-refractivity contribution in [1.82, 2.24) is 5.16 Å². The van der Waals surface area contributed by atoms with Crippen LogP contribution in [0, 0.1) is 19.7 Å². The van der Waals surface area contributed by atoms with E-state index in [0.29, 0.717) is 17.1 Å². The molecule has 0 saturated carbocycles. The summed E-state index contributed by atoms with van der Waals surface area (Å²) in [6.07, 6.45) is 0. The van der Waals surface area contributed by atoms with E-state index >= 15 is 0 Å². The molecule has 21 heavy (non-hydrogen) atoms. The van der Waals surface area contributed by atoms with Crippen molar-refractivity contribution in [2.24, 2.45) is 0 Å². The largest absolute Gasteiger partial charge is 0.380 e. The third kappa shape index (κ3) is 2.29. The molecule has 2 N–H and O–H groups in total. The molecule has 0 aliphatic carbocycles. The fraction of sp³-hybridized carbons (Fsp3) is 0.118. The molecule has 0 unspecified atom stereocenters.